The Balaban J connectivity index is 0.00000225. The largest absolute Gasteiger partial charge is 0.344 e. The number of anilines is 1. The fraction of sp³-hybridized carbons (Fsp3) is 0.579. The maximum absolute atomic E-state index is 12.8. The molecule has 1 aromatic carbocycles. The molecule has 138 valence electrons. The monoisotopic (exact) mass is 365 g/mol. The Labute approximate surface area is 155 Å². The summed E-state index contributed by atoms with van der Waals surface area (Å²) in [4.78, 5) is 27.2. The standard InChI is InChI=1S/C19H27N3O2.ClH/c1-13-7-9-15(10-8-13)22-11-3-6-17(19(22)24)21-18(23)16-5-2-4-14(16)12-20;/h7-10,14,16-17H,2-6,11-12,20H2,1H3,(H,21,23);1H/t14-,16-,17?;/m1./s1. The number of benzene rings is 1. The average Bonchev–Trinajstić information content (AvgIpc) is 3.06. The molecule has 1 saturated carbocycles. The predicted molar refractivity (Wildman–Crippen MR) is 102 cm³/mol. The Kier molecular flexibility index (Phi) is 6.85. The first-order valence-electron chi connectivity index (χ1n) is 8.98. The third kappa shape index (κ3) is 4.33. The van der Waals surface area contributed by atoms with Crippen LogP contribution in [0, 0.1) is 18.8 Å². The van der Waals surface area contributed by atoms with Crippen LogP contribution in [0.5, 0.6) is 0 Å². The molecule has 2 amide bonds. The third-order valence-electron chi connectivity index (χ3n) is 5.40. The second kappa shape index (κ2) is 8.68. The first-order chi connectivity index (χ1) is 11.6. The van der Waals surface area contributed by atoms with Gasteiger partial charge in [-0.2, -0.15) is 0 Å². The zero-order chi connectivity index (χ0) is 17.1. The van der Waals surface area contributed by atoms with E-state index in [0.29, 0.717) is 19.5 Å². The molecule has 0 spiro atoms. The highest BCUT2D eigenvalue weighted by Gasteiger charge is 2.36. The summed E-state index contributed by atoms with van der Waals surface area (Å²) in [6, 6.07) is 7.55. The Morgan fingerprint density at radius 2 is 1.92 bits per heavy atom. The second-order valence-electron chi connectivity index (χ2n) is 7.06. The van der Waals surface area contributed by atoms with Crippen LogP contribution >= 0.6 is 12.4 Å². The van der Waals surface area contributed by atoms with Gasteiger partial charge in [0.2, 0.25) is 11.8 Å². The minimum Gasteiger partial charge on any atom is -0.344 e. The van der Waals surface area contributed by atoms with Crippen molar-refractivity contribution in [2.24, 2.45) is 17.6 Å². The van der Waals surface area contributed by atoms with E-state index in [-0.39, 0.29) is 36.1 Å². The predicted octanol–water partition coefficient (Wildman–Crippen LogP) is 2.40. The number of amides is 2. The van der Waals surface area contributed by atoms with Crippen molar-refractivity contribution < 1.29 is 9.59 Å². The van der Waals surface area contributed by atoms with Crippen LogP contribution in [-0.2, 0) is 9.59 Å². The molecular weight excluding hydrogens is 338 g/mol. The molecule has 3 atom stereocenters. The van der Waals surface area contributed by atoms with Crippen LogP contribution in [0.15, 0.2) is 24.3 Å². The molecule has 6 heteroatoms. The lowest BCUT2D eigenvalue weighted by atomic mass is 9.94. The van der Waals surface area contributed by atoms with E-state index in [1.807, 2.05) is 31.2 Å². The van der Waals surface area contributed by atoms with E-state index in [1.54, 1.807) is 4.90 Å². The van der Waals surface area contributed by atoms with Crippen molar-refractivity contribution in [3.05, 3.63) is 29.8 Å². The minimum atomic E-state index is -0.411. The van der Waals surface area contributed by atoms with E-state index in [2.05, 4.69) is 5.32 Å². The van der Waals surface area contributed by atoms with Gasteiger partial charge in [-0.25, -0.2) is 0 Å². The van der Waals surface area contributed by atoms with Gasteiger partial charge in [0.1, 0.15) is 6.04 Å². The maximum atomic E-state index is 12.8. The molecule has 5 nitrogen and oxygen atoms in total. The molecule has 1 aliphatic carbocycles. The summed E-state index contributed by atoms with van der Waals surface area (Å²) in [6.07, 6.45) is 4.57. The number of rotatable bonds is 4. The molecule has 1 saturated heterocycles. The molecule has 0 bridgehead atoms. The van der Waals surface area contributed by atoms with Crippen LogP contribution in [0.4, 0.5) is 5.69 Å². The second-order valence-corrected chi connectivity index (χ2v) is 7.06. The SMILES string of the molecule is Cc1ccc(N2CCCC(NC(=O)[C@@H]3CCC[C@@H]3CN)C2=O)cc1.Cl. The highest BCUT2D eigenvalue weighted by molar-refractivity contribution is 6.00. The molecule has 3 rings (SSSR count). The van der Waals surface area contributed by atoms with E-state index in [0.717, 1.165) is 31.4 Å². The summed E-state index contributed by atoms with van der Waals surface area (Å²) < 4.78 is 0. The quantitative estimate of drug-likeness (QED) is 0.860. The topological polar surface area (TPSA) is 75.4 Å². The molecule has 1 unspecified atom stereocenters. The van der Waals surface area contributed by atoms with Crippen LogP contribution < -0.4 is 16.0 Å². The van der Waals surface area contributed by atoms with Gasteiger partial charge in [0.15, 0.2) is 0 Å². The summed E-state index contributed by atoms with van der Waals surface area (Å²) in [5.74, 6) is 0.238. The summed E-state index contributed by atoms with van der Waals surface area (Å²) in [6.45, 7) is 3.29. The third-order valence-corrected chi connectivity index (χ3v) is 5.40. The first kappa shape index (κ1) is 19.7. The minimum absolute atomic E-state index is 0. The van der Waals surface area contributed by atoms with Crippen LogP contribution in [0.1, 0.15) is 37.7 Å². The number of aryl methyl sites for hydroxylation is 1. The van der Waals surface area contributed by atoms with Gasteiger partial charge in [-0.1, -0.05) is 24.1 Å². The summed E-state index contributed by atoms with van der Waals surface area (Å²) >= 11 is 0. The Morgan fingerprint density at radius 1 is 1.20 bits per heavy atom. The van der Waals surface area contributed by atoms with Gasteiger partial charge < -0.3 is 16.0 Å². The van der Waals surface area contributed by atoms with Crippen molar-refractivity contribution in [1.29, 1.82) is 0 Å². The number of carbonyl (C=O) groups excluding carboxylic acids is 2. The zero-order valence-electron chi connectivity index (χ0n) is 14.7. The number of piperidine rings is 1. The highest BCUT2D eigenvalue weighted by Crippen LogP contribution is 2.31. The summed E-state index contributed by atoms with van der Waals surface area (Å²) in [7, 11) is 0. The molecule has 3 N–H and O–H groups in total. The number of nitrogens with one attached hydrogen (secondary N) is 1. The van der Waals surface area contributed by atoms with Crippen molar-refractivity contribution in [2.45, 2.75) is 45.1 Å². The van der Waals surface area contributed by atoms with E-state index in [4.69, 9.17) is 5.73 Å². The van der Waals surface area contributed by atoms with Gasteiger partial charge in [-0.3, -0.25) is 9.59 Å². The number of nitrogens with two attached hydrogens (primary N) is 1. The molecule has 0 radical (unpaired) electrons. The lowest BCUT2D eigenvalue weighted by molar-refractivity contribution is -0.131. The molecule has 1 aliphatic heterocycles. The molecule has 1 aromatic rings. The van der Waals surface area contributed by atoms with Gasteiger partial charge in [-0.15, -0.1) is 12.4 Å². The molecule has 2 fully saturated rings. The molecule has 25 heavy (non-hydrogen) atoms. The highest BCUT2D eigenvalue weighted by atomic mass is 35.5. The van der Waals surface area contributed by atoms with Crippen LogP contribution in [0.25, 0.3) is 0 Å². The fourth-order valence-corrected chi connectivity index (χ4v) is 3.93. The smallest absolute Gasteiger partial charge is 0.249 e. The van der Waals surface area contributed by atoms with E-state index >= 15 is 0 Å². The van der Waals surface area contributed by atoms with Gasteiger partial charge in [0, 0.05) is 18.2 Å². The lowest BCUT2D eigenvalue weighted by Crippen LogP contribution is -2.54. The maximum Gasteiger partial charge on any atom is 0.249 e. The van der Waals surface area contributed by atoms with Crippen LogP contribution in [-0.4, -0.2) is 30.9 Å². The Hall–Kier alpha value is -1.59. The van der Waals surface area contributed by atoms with Crippen LogP contribution in [0.2, 0.25) is 0 Å². The van der Waals surface area contributed by atoms with Crippen molar-refractivity contribution in [3.8, 4) is 0 Å². The van der Waals surface area contributed by atoms with E-state index in [9.17, 15) is 9.59 Å². The first-order valence-corrected chi connectivity index (χ1v) is 8.98. The van der Waals surface area contributed by atoms with E-state index < -0.39 is 6.04 Å². The molecular formula is C19H28ClN3O2. The number of nitrogens with zero attached hydrogens (tertiary/aromatic N) is 1. The van der Waals surface area contributed by atoms with E-state index in [1.165, 1.54) is 5.56 Å². The zero-order valence-corrected chi connectivity index (χ0v) is 15.6. The van der Waals surface area contributed by atoms with Crippen molar-refractivity contribution >= 4 is 29.9 Å². The number of hydrogen-bond acceptors (Lipinski definition) is 3. The summed E-state index contributed by atoms with van der Waals surface area (Å²) in [5, 5.41) is 3.00. The van der Waals surface area contributed by atoms with Crippen molar-refractivity contribution in [3.63, 3.8) is 0 Å². The van der Waals surface area contributed by atoms with Crippen LogP contribution in [0.3, 0.4) is 0 Å². The number of hydrogen-bond donors (Lipinski definition) is 2. The molecule has 1 heterocycles. The average molecular weight is 366 g/mol. The number of carbonyl (C=O) groups is 2. The van der Waals surface area contributed by atoms with Gasteiger partial charge >= 0.3 is 0 Å². The fourth-order valence-electron chi connectivity index (χ4n) is 3.93. The van der Waals surface area contributed by atoms with Crippen molar-refractivity contribution in [1.82, 2.24) is 5.32 Å². The normalized spacial score (nSPS) is 26.2. The molecule has 0 aromatic heterocycles. The summed E-state index contributed by atoms with van der Waals surface area (Å²) in [5.41, 5.74) is 7.85. The lowest BCUT2D eigenvalue weighted by Gasteiger charge is -2.33. The Morgan fingerprint density at radius 3 is 2.60 bits per heavy atom. The molecule has 2 aliphatic rings. The van der Waals surface area contributed by atoms with Gasteiger partial charge in [-0.05, 0) is 57.2 Å². The Bertz CT molecular complexity index is 605. The van der Waals surface area contributed by atoms with Gasteiger partial charge in [0.05, 0.1) is 0 Å². The van der Waals surface area contributed by atoms with Crippen molar-refractivity contribution in [2.75, 3.05) is 18.0 Å². The number of halogens is 1. The van der Waals surface area contributed by atoms with Gasteiger partial charge in [0.25, 0.3) is 0 Å².